The number of halogens is 5. The van der Waals surface area contributed by atoms with Gasteiger partial charge in [0.25, 0.3) is 0 Å². The van der Waals surface area contributed by atoms with E-state index in [1.165, 1.54) is 23.3 Å². The van der Waals surface area contributed by atoms with Crippen LogP contribution in [-0.4, -0.2) is 0 Å². The van der Waals surface area contributed by atoms with E-state index in [1.54, 1.807) is 0 Å². The molecular formula is C27H25ClF4. The summed E-state index contributed by atoms with van der Waals surface area (Å²) in [6.07, 6.45) is 5.89. The minimum Gasteiger partial charge on any atom is -0.206 e. The average Bonchev–Trinajstić information content (AvgIpc) is 2.76. The molecule has 0 unspecified atom stereocenters. The van der Waals surface area contributed by atoms with Gasteiger partial charge in [-0.25, -0.2) is 17.6 Å². The van der Waals surface area contributed by atoms with Crippen LogP contribution in [0.1, 0.15) is 54.7 Å². The van der Waals surface area contributed by atoms with Gasteiger partial charge >= 0.3 is 0 Å². The van der Waals surface area contributed by atoms with Crippen molar-refractivity contribution in [2.75, 3.05) is 0 Å². The first kappa shape index (κ1) is 22.8. The van der Waals surface area contributed by atoms with Crippen LogP contribution in [0.25, 0.3) is 11.1 Å². The number of hydrogen-bond donors (Lipinski definition) is 0. The number of hydrogen-bond acceptors (Lipinski definition) is 0. The maximum absolute atomic E-state index is 14.7. The Morgan fingerprint density at radius 3 is 1.91 bits per heavy atom. The van der Waals surface area contributed by atoms with Gasteiger partial charge in [0.05, 0.1) is 5.56 Å². The zero-order chi connectivity index (χ0) is 22.8. The van der Waals surface area contributed by atoms with Crippen LogP contribution in [0.15, 0.2) is 48.5 Å². The molecule has 4 rings (SSSR count). The van der Waals surface area contributed by atoms with Gasteiger partial charge in [0.1, 0.15) is 28.3 Å². The van der Waals surface area contributed by atoms with Crippen molar-refractivity contribution in [3.05, 3.63) is 93.5 Å². The Morgan fingerprint density at radius 1 is 0.781 bits per heavy atom. The molecule has 168 valence electrons. The molecular weight excluding hydrogens is 436 g/mol. The van der Waals surface area contributed by atoms with E-state index in [2.05, 4.69) is 31.2 Å². The Balaban J connectivity index is 1.39. The number of aryl methyl sites for hydroxylation is 2. The van der Waals surface area contributed by atoms with Crippen molar-refractivity contribution in [1.29, 1.82) is 0 Å². The maximum Gasteiger partial charge on any atom is 0.145 e. The molecule has 0 saturated heterocycles. The summed E-state index contributed by atoms with van der Waals surface area (Å²) in [6, 6.07) is 13.0. The fourth-order valence-electron chi connectivity index (χ4n) is 4.74. The van der Waals surface area contributed by atoms with Crippen LogP contribution >= 0.6 is 11.6 Å². The second-order valence-corrected chi connectivity index (χ2v) is 9.23. The molecule has 0 nitrogen and oxygen atoms in total. The molecule has 32 heavy (non-hydrogen) atoms. The van der Waals surface area contributed by atoms with E-state index in [0.29, 0.717) is 23.8 Å². The van der Waals surface area contributed by atoms with E-state index >= 15 is 0 Å². The summed E-state index contributed by atoms with van der Waals surface area (Å²) < 4.78 is 56.8. The van der Waals surface area contributed by atoms with Crippen LogP contribution in [0.2, 0.25) is 5.02 Å². The Kier molecular flexibility index (Phi) is 6.90. The topological polar surface area (TPSA) is 0 Å². The van der Waals surface area contributed by atoms with Crippen LogP contribution in [0.3, 0.4) is 0 Å². The van der Waals surface area contributed by atoms with Crippen molar-refractivity contribution in [1.82, 2.24) is 0 Å². The van der Waals surface area contributed by atoms with E-state index < -0.39 is 33.9 Å². The van der Waals surface area contributed by atoms with Crippen molar-refractivity contribution in [2.45, 2.75) is 51.4 Å². The average molecular weight is 461 g/mol. The lowest BCUT2D eigenvalue weighted by Gasteiger charge is -2.29. The molecule has 5 heteroatoms. The summed E-state index contributed by atoms with van der Waals surface area (Å²) in [7, 11) is 0. The summed E-state index contributed by atoms with van der Waals surface area (Å²) in [4.78, 5) is 0. The summed E-state index contributed by atoms with van der Waals surface area (Å²) in [5, 5.41) is -0.691. The normalized spacial score (nSPS) is 18.7. The second kappa shape index (κ2) is 9.66. The van der Waals surface area contributed by atoms with Crippen LogP contribution in [0, 0.1) is 36.1 Å². The predicted octanol–water partition coefficient (Wildman–Crippen LogP) is 8.78. The van der Waals surface area contributed by atoms with Gasteiger partial charge in [0.15, 0.2) is 0 Å². The lowest BCUT2D eigenvalue weighted by atomic mass is 9.77. The quantitative estimate of drug-likeness (QED) is 0.263. The Bertz CT molecular complexity index is 1050. The molecule has 1 saturated carbocycles. The van der Waals surface area contributed by atoms with E-state index in [0.717, 1.165) is 44.2 Å². The first-order valence-corrected chi connectivity index (χ1v) is 11.4. The molecule has 0 amide bonds. The lowest BCUT2D eigenvalue weighted by Crippen LogP contribution is -2.14. The van der Waals surface area contributed by atoms with Crippen LogP contribution in [0.4, 0.5) is 17.6 Å². The Morgan fingerprint density at radius 2 is 1.34 bits per heavy atom. The molecule has 1 aliphatic rings. The SMILES string of the molecule is Cc1ccc(C2CCC(CCc3cc(F)c(-c4cc(F)c(Cl)c(F)c4)c(F)c3)CC2)cc1. The highest BCUT2D eigenvalue weighted by atomic mass is 35.5. The van der Waals surface area contributed by atoms with Crippen molar-refractivity contribution in [2.24, 2.45) is 5.92 Å². The highest BCUT2D eigenvalue weighted by Gasteiger charge is 2.23. The van der Waals surface area contributed by atoms with Crippen molar-refractivity contribution >= 4 is 11.6 Å². The van der Waals surface area contributed by atoms with Gasteiger partial charge in [-0.15, -0.1) is 0 Å². The van der Waals surface area contributed by atoms with Crippen molar-refractivity contribution < 1.29 is 17.6 Å². The minimum atomic E-state index is -1.05. The van der Waals surface area contributed by atoms with Gasteiger partial charge in [-0.3, -0.25) is 0 Å². The smallest absolute Gasteiger partial charge is 0.145 e. The summed E-state index contributed by atoms with van der Waals surface area (Å²) >= 11 is 5.47. The van der Waals surface area contributed by atoms with Gasteiger partial charge in [-0.1, -0.05) is 41.4 Å². The number of rotatable bonds is 5. The molecule has 0 aromatic heterocycles. The fraction of sp³-hybridized carbons (Fsp3) is 0.333. The summed E-state index contributed by atoms with van der Waals surface area (Å²) in [6.45, 7) is 2.09. The molecule has 0 aliphatic heterocycles. The molecule has 0 atom stereocenters. The zero-order valence-electron chi connectivity index (χ0n) is 17.9. The minimum absolute atomic E-state index is 0.208. The van der Waals surface area contributed by atoms with Crippen LogP contribution in [-0.2, 0) is 6.42 Å². The lowest BCUT2D eigenvalue weighted by molar-refractivity contribution is 0.310. The van der Waals surface area contributed by atoms with Gasteiger partial charge in [-0.05, 0) is 98.2 Å². The third kappa shape index (κ3) is 5.01. The second-order valence-electron chi connectivity index (χ2n) is 8.86. The van der Waals surface area contributed by atoms with Gasteiger partial charge in [0.2, 0.25) is 0 Å². The van der Waals surface area contributed by atoms with Crippen molar-refractivity contribution in [3.8, 4) is 11.1 Å². The Labute approximate surface area is 191 Å². The molecule has 1 aliphatic carbocycles. The third-order valence-electron chi connectivity index (χ3n) is 6.61. The maximum atomic E-state index is 14.7. The molecule has 0 N–H and O–H groups in total. The molecule has 1 fully saturated rings. The molecule has 3 aromatic rings. The zero-order valence-corrected chi connectivity index (χ0v) is 18.7. The van der Waals surface area contributed by atoms with E-state index in [4.69, 9.17) is 11.6 Å². The van der Waals surface area contributed by atoms with E-state index in [1.807, 2.05) is 0 Å². The van der Waals surface area contributed by atoms with Crippen molar-refractivity contribution in [3.63, 3.8) is 0 Å². The first-order chi connectivity index (χ1) is 15.3. The molecule has 0 radical (unpaired) electrons. The summed E-state index contributed by atoms with van der Waals surface area (Å²) in [5.41, 5.74) is 2.56. The highest BCUT2D eigenvalue weighted by Crippen LogP contribution is 2.38. The standard InChI is InChI=1S/C27H25ClF4/c1-16-2-8-19(9-3-16)20-10-6-17(7-11-20)4-5-18-12-22(29)26(23(30)13-18)21-14-24(31)27(28)25(32)15-21/h2-3,8-9,12-15,17,20H,4-7,10-11H2,1H3. The molecule has 0 spiro atoms. The van der Waals surface area contributed by atoms with Crippen LogP contribution < -0.4 is 0 Å². The largest absolute Gasteiger partial charge is 0.206 e. The van der Waals surface area contributed by atoms with Gasteiger partial charge < -0.3 is 0 Å². The monoisotopic (exact) mass is 460 g/mol. The summed E-state index contributed by atoms with van der Waals surface area (Å²) in [5.74, 6) is -2.65. The molecule has 3 aromatic carbocycles. The van der Waals surface area contributed by atoms with Crippen LogP contribution in [0.5, 0.6) is 0 Å². The number of benzene rings is 3. The third-order valence-corrected chi connectivity index (χ3v) is 6.97. The van der Waals surface area contributed by atoms with Gasteiger partial charge in [-0.2, -0.15) is 0 Å². The fourth-order valence-corrected chi connectivity index (χ4v) is 4.85. The highest BCUT2D eigenvalue weighted by molar-refractivity contribution is 6.31. The Hall–Kier alpha value is -2.33. The molecule has 0 bridgehead atoms. The predicted molar refractivity (Wildman–Crippen MR) is 121 cm³/mol. The molecule has 0 heterocycles. The first-order valence-electron chi connectivity index (χ1n) is 11.0. The van der Waals surface area contributed by atoms with Gasteiger partial charge in [0, 0.05) is 0 Å². The van der Waals surface area contributed by atoms with E-state index in [9.17, 15) is 17.6 Å². The van der Waals surface area contributed by atoms with E-state index in [-0.39, 0.29) is 5.56 Å².